The van der Waals surface area contributed by atoms with Crippen molar-refractivity contribution in [3.8, 4) is 0 Å². The van der Waals surface area contributed by atoms with Gasteiger partial charge in [0.05, 0.1) is 6.42 Å². The Kier molecular flexibility index (Phi) is 8.16. The van der Waals surface area contributed by atoms with E-state index in [0.717, 1.165) is 16.7 Å². The predicted molar refractivity (Wildman–Crippen MR) is 160 cm³/mol. The number of hydrogen-bond acceptors (Lipinski definition) is 8. The van der Waals surface area contributed by atoms with E-state index >= 15 is 0 Å². The Morgan fingerprint density at radius 1 is 0.952 bits per heavy atom. The van der Waals surface area contributed by atoms with Gasteiger partial charge in [-0.3, -0.25) is 14.5 Å². The topological polar surface area (TPSA) is 102 Å². The molecule has 1 saturated heterocycles. The van der Waals surface area contributed by atoms with Crippen LogP contribution in [-0.2, 0) is 35.1 Å². The zero-order chi connectivity index (χ0) is 29.1. The van der Waals surface area contributed by atoms with Crippen molar-refractivity contribution in [2.24, 2.45) is 0 Å². The van der Waals surface area contributed by atoms with E-state index in [1.807, 2.05) is 91.0 Å². The summed E-state index contributed by atoms with van der Waals surface area (Å²) < 4.78 is 11.2. The van der Waals surface area contributed by atoms with Gasteiger partial charge < -0.3 is 14.8 Å². The molecule has 0 spiro atoms. The van der Waals surface area contributed by atoms with Crippen molar-refractivity contribution in [3.63, 3.8) is 0 Å². The van der Waals surface area contributed by atoms with Crippen LogP contribution in [0.4, 0.5) is 0 Å². The van der Waals surface area contributed by atoms with Gasteiger partial charge in [0.2, 0.25) is 5.91 Å². The van der Waals surface area contributed by atoms with Crippen molar-refractivity contribution in [2.75, 3.05) is 12.4 Å². The molecule has 0 saturated carbocycles. The zero-order valence-corrected chi connectivity index (χ0v) is 23.9. The average Bonchev–Trinajstić information content (AvgIpc) is 3.43. The number of esters is 2. The lowest BCUT2D eigenvalue weighted by molar-refractivity contribution is -0.154. The molecule has 2 atom stereocenters. The maximum absolute atomic E-state index is 14.0. The Balaban J connectivity index is 1.27. The highest BCUT2D eigenvalue weighted by Gasteiger charge is 2.55. The molecule has 1 fully saturated rings. The standard InChI is InChI=1S/C32H26N2O6S2/c35-25(16-20-10-4-1-5-11-20)33-27-30(37)34-28(24(19-41-31(27)34)42-23-17-26(36)39-18-23)32(38)40-29(21-12-6-2-7-13-21)22-14-8-3-9-15-22/h1-15,17,27,29,31H,16,18-19H2,(H,33,35)/t27-,31-/m1/s1. The van der Waals surface area contributed by atoms with Crippen molar-refractivity contribution in [3.05, 3.63) is 129 Å². The number of rotatable bonds is 9. The monoisotopic (exact) mass is 598 g/mol. The second-order valence-electron chi connectivity index (χ2n) is 9.82. The summed E-state index contributed by atoms with van der Waals surface area (Å²) in [6, 6.07) is 27.3. The summed E-state index contributed by atoms with van der Waals surface area (Å²) in [5.74, 6) is -1.37. The molecule has 6 rings (SSSR count). The molecule has 3 aliphatic rings. The highest BCUT2D eigenvalue weighted by Crippen LogP contribution is 2.46. The Hall–Kier alpha value is -4.28. The predicted octanol–water partition coefficient (Wildman–Crippen LogP) is 4.35. The lowest BCUT2D eigenvalue weighted by Crippen LogP contribution is -2.70. The summed E-state index contributed by atoms with van der Waals surface area (Å²) >= 11 is 2.69. The maximum atomic E-state index is 14.0. The van der Waals surface area contributed by atoms with Crippen molar-refractivity contribution in [2.45, 2.75) is 23.9 Å². The first kappa shape index (κ1) is 27.9. The Morgan fingerprint density at radius 2 is 1.57 bits per heavy atom. The molecule has 3 aromatic rings. The quantitative estimate of drug-likeness (QED) is 0.287. The molecular formula is C32H26N2O6S2. The van der Waals surface area contributed by atoms with Gasteiger partial charge in [-0.05, 0) is 16.7 Å². The van der Waals surface area contributed by atoms with Crippen LogP contribution in [-0.4, -0.2) is 52.4 Å². The third-order valence-electron chi connectivity index (χ3n) is 6.97. The van der Waals surface area contributed by atoms with E-state index < -0.39 is 29.5 Å². The number of nitrogens with zero attached hydrogens (tertiary/aromatic N) is 1. The number of hydrogen-bond donors (Lipinski definition) is 1. The number of carbonyl (C=O) groups is 4. The minimum absolute atomic E-state index is 0.103. The molecule has 212 valence electrons. The average molecular weight is 599 g/mol. The molecule has 0 bridgehead atoms. The number of amides is 2. The van der Waals surface area contributed by atoms with E-state index in [-0.39, 0.29) is 30.5 Å². The number of nitrogens with one attached hydrogen (secondary N) is 1. The van der Waals surface area contributed by atoms with Crippen molar-refractivity contribution in [1.29, 1.82) is 0 Å². The molecule has 3 heterocycles. The Bertz CT molecular complexity index is 1540. The van der Waals surface area contributed by atoms with Gasteiger partial charge in [-0.2, -0.15) is 0 Å². The van der Waals surface area contributed by atoms with Crippen molar-refractivity contribution < 1.29 is 28.7 Å². The van der Waals surface area contributed by atoms with Crippen LogP contribution in [0.25, 0.3) is 0 Å². The van der Waals surface area contributed by atoms with Crippen molar-refractivity contribution >= 4 is 47.3 Å². The van der Waals surface area contributed by atoms with Crippen LogP contribution in [0, 0.1) is 0 Å². The van der Waals surface area contributed by atoms with Gasteiger partial charge in [0.25, 0.3) is 5.91 Å². The highest BCUT2D eigenvalue weighted by molar-refractivity contribution is 8.09. The molecule has 0 aliphatic carbocycles. The van der Waals surface area contributed by atoms with E-state index in [1.54, 1.807) is 0 Å². The van der Waals surface area contributed by atoms with E-state index in [1.165, 1.54) is 34.5 Å². The SMILES string of the molecule is O=C(Cc1ccccc1)N[C@@H]1C(=O)N2C(C(=O)OC(c3ccccc3)c3ccccc3)=C(SC3=CC(=O)OC3)CS[C@H]12. The molecule has 42 heavy (non-hydrogen) atoms. The van der Waals surface area contributed by atoms with Gasteiger partial charge in [-0.25, -0.2) is 9.59 Å². The number of fused-ring (bicyclic) bond motifs is 1. The number of ether oxygens (including phenoxy) is 2. The minimum atomic E-state index is -0.768. The number of thioether (sulfide) groups is 2. The number of β-lactam (4-membered cyclic amide) rings is 1. The minimum Gasteiger partial charge on any atom is -0.457 e. The normalized spacial score (nSPS) is 19.5. The highest BCUT2D eigenvalue weighted by atomic mass is 32.2. The summed E-state index contributed by atoms with van der Waals surface area (Å²) in [5, 5.41) is 2.38. The Morgan fingerprint density at radius 3 is 2.17 bits per heavy atom. The molecule has 10 heteroatoms. The molecular weight excluding hydrogens is 572 g/mol. The second-order valence-corrected chi connectivity index (χ2v) is 12.1. The molecule has 3 aliphatic heterocycles. The summed E-state index contributed by atoms with van der Waals surface area (Å²) in [7, 11) is 0. The summed E-state index contributed by atoms with van der Waals surface area (Å²) in [6.07, 6.45) is 0.824. The van der Waals surface area contributed by atoms with E-state index in [9.17, 15) is 19.2 Å². The van der Waals surface area contributed by atoms with Crippen molar-refractivity contribution in [1.82, 2.24) is 10.2 Å². The number of carbonyl (C=O) groups excluding carboxylic acids is 4. The van der Waals surface area contributed by atoms with E-state index in [0.29, 0.717) is 15.6 Å². The maximum Gasteiger partial charge on any atom is 0.356 e. The first-order chi connectivity index (χ1) is 20.5. The summed E-state index contributed by atoms with van der Waals surface area (Å²) in [4.78, 5) is 54.6. The van der Waals surface area contributed by atoms with E-state index in [2.05, 4.69) is 5.32 Å². The summed E-state index contributed by atoms with van der Waals surface area (Å²) in [5.41, 5.74) is 2.53. The van der Waals surface area contributed by atoms with Crippen LogP contribution in [0.5, 0.6) is 0 Å². The van der Waals surface area contributed by atoms with Crippen LogP contribution in [0.1, 0.15) is 22.8 Å². The third kappa shape index (κ3) is 5.86. The fourth-order valence-electron chi connectivity index (χ4n) is 4.99. The first-order valence-electron chi connectivity index (χ1n) is 13.3. The lowest BCUT2D eigenvalue weighted by Gasteiger charge is -2.49. The molecule has 8 nitrogen and oxygen atoms in total. The summed E-state index contributed by atoms with van der Waals surface area (Å²) in [6.45, 7) is 0.103. The fourth-order valence-corrected chi connectivity index (χ4v) is 7.49. The molecule has 0 aromatic heterocycles. The zero-order valence-electron chi connectivity index (χ0n) is 22.3. The lowest BCUT2D eigenvalue weighted by atomic mass is 10.0. The molecule has 0 unspecified atom stereocenters. The van der Waals surface area contributed by atoms with Crippen LogP contribution in [0.3, 0.4) is 0 Å². The van der Waals surface area contributed by atoms with Crippen LogP contribution >= 0.6 is 23.5 Å². The third-order valence-corrected chi connectivity index (χ3v) is 9.51. The number of cyclic esters (lactones) is 1. The van der Waals surface area contributed by atoms with Crippen LogP contribution in [0.15, 0.2) is 113 Å². The molecule has 0 radical (unpaired) electrons. The van der Waals surface area contributed by atoms with Gasteiger partial charge >= 0.3 is 11.9 Å². The van der Waals surface area contributed by atoms with Gasteiger partial charge in [-0.15, -0.1) is 11.8 Å². The molecule has 1 N–H and O–H groups in total. The second kappa shape index (κ2) is 12.3. The smallest absolute Gasteiger partial charge is 0.356 e. The number of benzene rings is 3. The van der Waals surface area contributed by atoms with Gasteiger partial charge in [0.1, 0.15) is 23.7 Å². The van der Waals surface area contributed by atoms with Gasteiger partial charge in [0.15, 0.2) is 6.10 Å². The molecule has 2 amide bonds. The Labute approximate surface area is 251 Å². The van der Waals surface area contributed by atoms with E-state index in [4.69, 9.17) is 9.47 Å². The largest absolute Gasteiger partial charge is 0.457 e. The van der Waals surface area contributed by atoms with Gasteiger partial charge in [-0.1, -0.05) is 103 Å². The fraction of sp³-hybridized carbons (Fsp3) is 0.188. The van der Waals surface area contributed by atoms with Gasteiger partial charge in [0, 0.05) is 21.6 Å². The molecule has 3 aromatic carbocycles. The first-order valence-corrected chi connectivity index (χ1v) is 15.2. The van der Waals surface area contributed by atoms with Crippen LogP contribution in [0.2, 0.25) is 0 Å². The van der Waals surface area contributed by atoms with Crippen LogP contribution < -0.4 is 5.32 Å².